The Morgan fingerprint density at radius 1 is 1.17 bits per heavy atom. The number of benzene rings is 1. The molecular formula is C10H9NO. The lowest BCUT2D eigenvalue weighted by molar-refractivity contribution is -0.114. The van der Waals surface area contributed by atoms with Crippen molar-refractivity contribution in [2.24, 2.45) is 0 Å². The quantitative estimate of drug-likeness (QED) is 0.655. The first kappa shape index (κ1) is 7.10. The summed E-state index contributed by atoms with van der Waals surface area (Å²) >= 11 is 0. The Labute approximate surface area is 70.9 Å². The van der Waals surface area contributed by atoms with Gasteiger partial charge in [0.1, 0.15) is 0 Å². The van der Waals surface area contributed by atoms with Crippen molar-refractivity contribution in [2.75, 3.05) is 6.54 Å². The third-order valence-corrected chi connectivity index (χ3v) is 1.90. The first-order valence-corrected chi connectivity index (χ1v) is 3.92. The van der Waals surface area contributed by atoms with Crippen LogP contribution >= 0.6 is 0 Å². The molecule has 0 aromatic heterocycles. The van der Waals surface area contributed by atoms with E-state index >= 15 is 0 Å². The molecule has 0 radical (unpaired) electrons. The topological polar surface area (TPSA) is 29.1 Å². The molecule has 1 aromatic carbocycles. The number of rotatable bonds is 1. The Bertz CT molecular complexity index is 327. The molecule has 1 aliphatic rings. The monoisotopic (exact) mass is 159 g/mol. The van der Waals surface area contributed by atoms with Gasteiger partial charge in [-0.3, -0.25) is 4.79 Å². The van der Waals surface area contributed by atoms with Gasteiger partial charge in [-0.25, -0.2) is 0 Å². The molecule has 1 aromatic rings. The molecule has 1 amide bonds. The van der Waals surface area contributed by atoms with Gasteiger partial charge in [0.25, 0.3) is 5.91 Å². The van der Waals surface area contributed by atoms with Gasteiger partial charge >= 0.3 is 0 Å². The minimum absolute atomic E-state index is 0.0289. The van der Waals surface area contributed by atoms with Crippen LogP contribution in [0.1, 0.15) is 5.56 Å². The van der Waals surface area contributed by atoms with Crippen LogP contribution in [0.5, 0.6) is 0 Å². The average Bonchev–Trinajstić information content (AvgIpc) is 2.53. The van der Waals surface area contributed by atoms with Crippen LogP contribution in [0.3, 0.4) is 0 Å². The molecular weight excluding hydrogens is 150 g/mol. The van der Waals surface area contributed by atoms with Crippen molar-refractivity contribution in [2.45, 2.75) is 0 Å². The fourth-order valence-electron chi connectivity index (χ4n) is 1.30. The second-order valence-electron chi connectivity index (χ2n) is 2.69. The predicted molar refractivity (Wildman–Crippen MR) is 47.4 cm³/mol. The highest BCUT2D eigenvalue weighted by Gasteiger charge is 2.14. The SMILES string of the molecule is O=C1NCC=C1c1ccccc1. The van der Waals surface area contributed by atoms with E-state index in [0.717, 1.165) is 11.1 Å². The molecule has 1 aliphatic heterocycles. The van der Waals surface area contributed by atoms with Crippen molar-refractivity contribution in [1.29, 1.82) is 0 Å². The van der Waals surface area contributed by atoms with Crippen molar-refractivity contribution < 1.29 is 4.79 Å². The molecule has 2 nitrogen and oxygen atoms in total. The molecule has 0 bridgehead atoms. The number of amides is 1. The third kappa shape index (κ3) is 1.11. The maximum Gasteiger partial charge on any atom is 0.251 e. The zero-order valence-electron chi connectivity index (χ0n) is 6.58. The fourth-order valence-corrected chi connectivity index (χ4v) is 1.30. The van der Waals surface area contributed by atoms with Crippen molar-refractivity contribution in [1.82, 2.24) is 5.32 Å². The Morgan fingerprint density at radius 2 is 1.92 bits per heavy atom. The molecule has 0 fully saturated rings. The molecule has 60 valence electrons. The predicted octanol–water partition coefficient (Wildman–Crippen LogP) is 1.20. The molecule has 12 heavy (non-hydrogen) atoms. The van der Waals surface area contributed by atoms with E-state index in [9.17, 15) is 4.79 Å². The minimum Gasteiger partial charge on any atom is -0.349 e. The highest BCUT2D eigenvalue weighted by atomic mass is 16.1. The van der Waals surface area contributed by atoms with Gasteiger partial charge in [0.05, 0.1) is 0 Å². The van der Waals surface area contributed by atoms with Crippen LogP contribution in [0.4, 0.5) is 0 Å². The molecule has 0 saturated heterocycles. The van der Waals surface area contributed by atoms with Gasteiger partial charge in [0.15, 0.2) is 0 Å². The van der Waals surface area contributed by atoms with Gasteiger partial charge in [0.2, 0.25) is 0 Å². The number of hydrogen-bond acceptors (Lipinski definition) is 1. The van der Waals surface area contributed by atoms with Gasteiger partial charge in [-0.05, 0) is 5.56 Å². The van der Waals surface area contributed by atoms with E-state index in [0.29, 0.717) is 6.54 Å². The standard InChI is InChI=1S/C10H9NO/c12-10-9(6-7-11-10)8-4-2-1-3-5-8/h1-6H,7H2,(H,11,12). The molecule has 0 spiro atoms. The number of carbonyl (C=O) groups is 1. The van der Waals surface area contributed by atoms with Crippen LogP contribution in [0, 0.1) is 0 Å². The summed E-state index contributed by atoms with van der Waals surface area (Å²) in [5, 5.41) is 2.74. The summed E-state index contributed by atoms with van der Waals surface area (Å²) in [6, 6.07) is 9.69. The zero-order valence-corrected chi connectivity index (χ0v) is 6.58. The highest BCUT2D eigenvalue weighted by Crippen LogP contribution is 2.16. The number of nitrogens with one attached hydrogen (secondary N) is 1. The summed E-state index contributed by atoms with van der Waals surface area (Å²) in [7, 11) is 0. The van der Waals surface area contributed by atoms with Crippen molar-refractivity contribution in [3.63, 3.8) is 0 Å². The molecule has 0 unspecified atom stereocenters. The lowest BCUT2D eigenvalue weighted by atomic mass is 10.1. The Morgan fingerprint density at radius 3 is 2.50 bits per heavy atom. The molecule has 2 rings (SSSR count). The van der Waals surface area contributed by atoms with E-state index < -0.39 is 0 Å². The minimum atomic E-state index is 0.0289. The van der Waals surface area contributed by atoms with Crippen LogP contribution < -0.4 is 5.32 Å². The lowest BCUT2D eigenvalue weighted by Crippen LogP contribution is -2.16. The van der Waals surface area contributed by atoms with Crippen LogP contribution in [-0.4, -0.2) is 12.5 Å². The zero-order chi connectivity index (χ0) is 8.39. The maximum absolute atomic E-state index is 11.2. The van der Waals surface area contributed by atoms with Crippen LogP contribution in [-0.2, 0) is 4.79 Å². The molecule has 2 heteroatoms. The second-order valence-corrected chi connectivity index (χ2v) is 2.69. The van der Waals surface area contributed by atoms with Crippen LogP contribution in [0.15, 0.2) is 36.4 Å². The van der Waals surface area contributed by atoms with Crippen molar-refractivity contribution in [3.8, 4) is 0 Å². The summed E-state index contributed by atoms with van der Waals surface area (Å²) in [5.74, 6) is 0.0289. The van der Waals surface area contributed by atoms with E-state index in [2.05, 4.69) is 5.32 Å². The summed E-state index contributed by atoms with van der Waals surface area (Å²) in [5.41, 5.74) is 1.78. The molecule has 0 atom stereocenters. The van der Waals surface area contributed by atoms with E-state index in [4.69, 9.17) is 0 Å². The Hall–Kier alpha value is -1.57. The normalized spacial score (nSPS) is 15.7. The Balaban J connectivity index is 2.38. The molecule has 0 aliphatic carbocycles. The highest BCUT2D eigenvalue weighted by molar-refractivity contribution is 6.21. The van der Waals surface area contributed by atoms with E-state index in [1.807, 2.05) is 36.4 Å². The van der Waals surface area contributed by atoms with E-state index in [-0.39, 0.29) is 5.91 Å². The molecule has 1 heterocycles. The third-order valence-electron chi connectivity index (χ3n) is 1.90. The van der Waals surface area contributed by atoms with Gasteiger partial charge in [-0.15, -0.1) is 0 Å². The lowest BCUT2D eigenvalue weighted by Gasteiger charge is -1.98. The summed E-state index contributed by atoms with van der Waals surface area (Å²) in [6.07, 6.45) is 1.91. The molecule has 0 saturated carbocycles. The fraction of sp³-hybridized carbons (Fsp3) is 0.100. The summed E-state index contributed by atoms with van der Waals surface area (Å²) < 4.78 is 0. The van der Waals surface area contributed by atoms with Crippen molar-refractivity contribution >= 4 is 11.5 Å². The van der Waals surface area contributed by atoms with Crippen molar-refractivity contribution in [3.05, 3.63) is 42.0 Å². The van der Waals surface area contributed by atoms with E-state index in [1.54, 1.807) is 0 Å². The maximum atomic E-state index is 11.2. The second kappa shape index (κ2) is 2.81. The Kier molecular flexibility index (Phi) is 1.67. The smallest absolute Gasteiger partial charge is 0.251 e. The number of carbonyl (C=O) groups excluding carboxylic acids is 1. The summed E-state index contributed by atoms with van der Waals surface area (Å²) in [6.45, 7) is 0.656. The first-order chi connectivity index (χ1) is 5.88. The first-order valence-electron chi connectivity index (χ1n) is 3.92. The largest absolute Gasteiger partial charge is 0.349 e. The van der Waals surface area contributed by atoms with E-state index in [1.165, 1.54) is 0 Å². The average molecular weight is 159 g/mol. The van der Waals surface area contributed by atoms with Crippen LogP contribution in [0.2, 0.25) is 0 Å². The summed E-state index contributed by atoms with van der Waals surface area (Å²) in [4.78, 5) is 11.2. The van der Waals surface area contributed by atoms with Gasteiger partial charge in [-0.2, -0.15) is 0 Å². The van der Waals surface area contributed by atoms with Gasteiger partial charge < -0.3 is 5.32 Å². The number of hydrogen-bond donors (Lipinski definition) is 1. The van der Waals surface area contributed by atoms with Gasteiger partial charge in [-0.1, -0.05) is 36.4 Å². The molecule has 1 N–H and O–H groups in total. The van der Waals surface area contributed by atoms with Gasteiger partial charge in [0, 0.05) is 12.1 Å². The van der Waals surface area contributed by atoms with Crippen LogP contribution in [0.25, 0.3) is 5.57 Å².